The maximum Gasteiger partial charge on any atom is 0.251 e. The smallest absolute Gasteiger partial charge is 0.251 e. The lowest BCUT2D eigenvalue weighted by Crippen LogP contribution is -2.38. The SMILES string of the molecule is CSc1nccn1-c1cccc(C(=O)NC2CCc3ccccc3C2)c1. The van der Waals surface area contributed by atoms with Crippen LogP contribution in [0.15, 0.2) is 66.1 Å². The van der Waals surface area contributed by atoms with Crippen LogP contribution >= 0.6 is 11.8 Å². The number of hydrogen-bond donors (Lipinski definition) is 1. The number of rotatable bonds is 4. The molecule has 0 radical (unpaired) electrons. The molecule has 0 saturated heterocycles. The summed E-state index contributed by atoms with van der Waals surface area (Å²) in [6.07, 6.45) is 8.60. The van der Waals surface area contributed by atoms with Crippen LogP contribution in [-0.4, -0.2) is 27.8 Å². The first-order valence-electron chi connectivity index (χ1n) is 8.80. The van der Waals surface area contributed by atoms with E-state index in [2.05, 4.69) is 34.6 Å². The van der Waals surface area contributed by atoms with Gasteiger partial charge >= 0.3 is 0 Å². The minimum Gasteiger partial charge on any atom is -0.349 e. The molecule has 4 rings (SSSR count). The first-order chi connectivity index (χ1) is 12.7. The second-order valence-electron chi connectivity index (χ2n) is 6.52. The van der Waals surface area contributed by atoms with Crippen molar-refractivity contribution in [1.29, 1.82) is 0 Å². The molecule has 1 amide bonds. The van der Waals surface area contributed by atoms with Crippen molar-refractivity contribution in [1.82, 2.24) is 14.9 Å². The molecular formula is C21H21N3OS. The Morgan fingerprint density at radius 3 is 2.88 bits per heavy atom. The number of carbonyl (C=O) groups excluding carboxylic acids is 1. The van der Waals surface area contributed by atoms with Gasteiger partial charge in [0.05, 0.1) is 0 Å². The normalized spacial score (nSPS) is 16.1. The van der Waals surface area contributed by atoms with Gasteiger partial charge in [-0.25, -0.2) is 4.98 Å². The molecule has 4 nitrogen and oxygen atoms in total. The van der Waals surface area contributed by atoms with E-state index in [-0.39, 0.29) is 11.9 Å². The third-order valence-electron chi connectivity index (χ3n) is 4.86. The topological polar surface area (TPSA) is 46.9 Å². The van der Waals surface area contributed by atoms with Gasteiger partial charge < -0.3 is 5.32 Å². The van der Waals surface area contributed by atoms with Crippen molar-refractivity contribution in [3.63, 3.8) is 0 Å². The van der Waals surface area contributed by atoms with Gasteiger partial charge in [0.25, 0.3) is 5.91 Å². The molecule has 132 valence electrons. The van der Waals surface area contributed by atoms with Gasteiger partial charge in [0.2, 0.25) is 0 Å². The Hall–Kier alpha value is -2.53. The van der Waals surface area contributed by atoms with Crippen LogP contribution in [0.25, 0.3) is 5.69 Å². The van der Waals surface area contributed by atoms with Gasteiger partial charge in [0.15, 0.2) is 5.16 Å². The summed E-state index contributed by atoms with van der Waals surface area (Å²) >= 11 is 1.58. The number of imidazole rings is 1. The number of aryl methyl sites for hydroxylation is 1. The lowest BCUT2D eigenvalue weighted by molar-refractivity contribution is 0.0933. The molecule has 1 aliphatic rings. The average molecular weight is 363 g/mol. The van der Waals surface area contributed by atoms with Crippen LogP contribution in [0.1, 0.15) is 27.9 Å². The number of benzene rings is 2. The Morgan fingerprint density at radius 1 is 1.19 bits per heavy atom. The molecule has 1 aromatic heterocycles. The number of aromatic nitrogens is 2. The number of amides is 1. The summed E-state index contributed by atoms with van der Waals surface area (Å²) < 4.78 is 2.00. The van der Waals surface area contributed by atoms with E-state index in [4.69, 9.17) is 0 Å². The van der Waals surface area contributed by atoms with E-state index >= 15 is 0 Å². The fraction of sp³-hybridized carbons (Fsp3) is 0.238. The Balaban J connectivity index is 1.50. The number of nitrogens with one attached hydrogen (secondary N) is 1. The highest BCUT2D eigenvalue weighted by Gasteiger charge is 2.20. The van der Waals surface area contributed by atoms with Crippen molar-refractivity contribution < 1.29 is 4.79 Å². The molecule has 0 aliphatic heterocycles. The van der Waals surface area contributed by atoms with Gasteiger partial charge in [-0.1, -0.05) is 42.1 Å². The molecule has 5 heteroatoms. The molecule has 1 atom stereocenters. The third-order valence-corrected chi connectivity index (χ3v) is 5.53. The largest absolute Gasteiger partial charge is 0.349 e. The number of carbonyl (C=O) groups is 1. The zero-order valence-corrected chi connectivity index (χ0v) is 15.5. The summed E-state index contributed by atoms with van der Waals surface area (Å²) in [6, 6.07) is 16.4. The van der Waals surface area contributed by atoms with E-state index in [1.807, 2.05) is 41.3 Å². The van der Waals surface area contributed by atoms with Gasteiger partial charge in [-0.2, -0.15) is 0 Å². The molecule has 0 spiro atoms. The number of fused-ring (bicyclic) bond motifs is 1. The highest BCUT2D eigenvalue weighted by atomic mass is 32.2. The van der Waals surface area contributed by atoms with Crippen LogP contribution in [-0.2, 0) is 12.8 Å². The van der Waals surface area contributed by atoms with Crippen LogP contribution in [0.4, 0.5) is 0 Å². The van der Waals surface area contributed by atoms with Gasteiger partial charge in [-0.05, 0) is 54.8 Å². The molecular weight excluding hydrogens is 342 g/mol. The van der Waals surface area contributed by atoms with Crippen molar-refractivity contribution in [3.05, 3.63) is 77.6 Å². The molecule has 0 saturated carbocycles. The van der Waals surface area contributed by atoms with Crippen molar-refractivity contribution in [2.45, 2.75) is 30.5 Å². The van der Waals surface area contributed by atoms with Crippen LogP contribution in [0, 0.1) is 0 Å². The van der Waals surface area contributed by atoms with E-state index in [0.717, 1.165) is 30.1 Å². The Labute approximate surface area is 157 Å². The summed E-state index contributed by atoms with van der Waals surface area (Å²) in [5, 5.41) is 4.12. The second kappa shape index (κ2) is 7.38. The van der Waals surface area contributed by atoms with E-state index < -0.39 is 0 Å². The maximum absolute atomic E-state index is 12.8. The summed E-state index contributed by atoms with van der Waals surface area (Å²) in [6.45, 7) is 0. The quantitative estimate of drug-likeness (QED) is 0.716. The van der Waals surface area contributed by atoms with Crippen molar-refractivity contribution in [2.75, 3.05) is 6.26 Å². The molecule has 1 heterocycles. The highest BCUT2D eigenvalue weighted by Crippen LogP contribution is 2.22. The highest BCUT2D eigenvalue weighted by molar-refractivity contribution is 7.98. The monoisotopic (exact) mass is 363 g/mol. The van der Waals surface area contributed by atoms with E-state index in [0.29, 0.717) is 5.56 Å². The Morgan fingerprint density at radius 2 is 2.04 bits per heavy atom. The third kappa shape index (κ3) is 3.40. The van der Waals surface area contributed by atoms with Gasteiger partial charge in [0, 0.05) is 29.7 Å². The van der Waals surface area contributed by atoms with E-state index in [9.17, 15) is 4.79 Å². The average Bonchev–Trinajstić information content (AvgIpc) is 3.17. The second-order valence-corrected chi connectivity index (χ2v) is 7.29. The predicted octanol–water partition coefficient (Wildman–Crippen LogP) is 3.88. The van der Waals surface area contributed by atoms with E-state index in [1.54, 1.807) is 18.0 Å². The lowest BCUT2D eigenvalue weighted by atomic mass is 9.88. The van der Waals surface area contributed by atoms with Crippen LogP contribution in [0.2, 0.25) is 0 Å². The van der Waals surface area contributed by atoms with E-state index in [1.165, 1.54) is 11.1 Å². The van der Waals surface area contributed by atoms with Crippen molar-refractivity contribution in [2.24, 2.45) is 0 Å². The zero-order valence-electron chi connectivity index (χ0n) is 14.7. The van der Waals surface area contributed by atoms with Crippen molar-refractivity contribution >= 4 is 17.7 Å². The van der Waals surface area contributed by atoms with Gasteiger partial charge in [-0.15, -0.1) is 0 Å². The lowest BCUT2D eigenvalue weighted by Gasteiger charge is -2.25. The Kier molecular flexibility index (Phi) is 4.80. The van der Waals surface area contributed by atoms with Crippen LogP contribution < -0.4 is 5.32 Å². The minimum atomic E-state index is -0.0120. The molecule has 2 aromatic carbocycles. The number of nitrogens with zero attached hydrogens (tertiary/aromatic N) is 2. The van der Waals surface area contributed by atoms with Gasteiger partial charge in [0.1, 0.15) is 0 Å². The fourth-order valence-corrected chi connectivity index (χ4v) is 4.05. The van der Waals surface area contributed by atoms with Gasteiger partial charge in [-0.3, -0.25) is 9.36 Å². The van der Waals surface area contributed by atoms with Crippen molar-refractivity contribution in [3.8, 4) is 5.69 Å². The van der Waals surface area contributed by atoms with Crippen LogP contribution in [0.5, 0.6) is 0 Å². The number of thioether (sulfide) groups is 1. The molecule has 26 heavy (non-hydrogen) atoms. The first-order valence-corrected chi connectivity index (χ1v) is 10.0. The minimum absolute atomic E-state index is 0.0120. The Bertz CT molecular complexity index is 934. The molecule has 1 N–H and O–H groups in total. The first kappa shape index (κ1) is 16.9. The standard InChI is InChI=1S/C21H21N3OS/c1-26-21-22-11-12-24(21)19-8-4-7-17(14-19)20(25)23-18-10-9-15-5-2-3-6-16(15)13-18/h2-8,11-12,14,18H,9-10,13H2,1H3,(H,23,25). The molecule has 1 aliphatic carbocycles. The summed E-state index contributed by atoms with van der Waals surface area (Å²) in [4.78, 5) is 17.1. The number of hydrogen-bond acceptors (Lipinski definition) is 3. The van der Waals surface area contributed by atoms with Crippen LogP contribution in [0.3, 0.4) is 0 Å². The predicted molar refractivity (Wildman–Crippen MR) is 105 cm³/mol. The summed E-state index contributed by atoms with van der Waals surface area (Å²) in [7, 11) is 0. The fourth-order valence-electron chi connectivity index (χ4n) is 3.52. The molecule has 1 unspecified atom stereocenters. The summed E-state index contributed by atoms with van der Waals surface area (Å²) in [5.41, 5.74) is 4.39. The molecule has 0 fully saturated rings. The maximum atomic E-state index is 12.8. The zero-order chi connectivity index (χ0) is 17.9. The molecule has 3 aromatic rings. The molecule has 0 bridgehead atoms. The summed E-state index contributed by atoms with van der Waals surface area (Å²) in [5.74, 6) is -0.0120.